The Bertz CT molecular complexity index is 1560. The third kappa shape index (κ3) is 6.21. The molecule has 4 aromatic rings. The normalized spacial score (nSPS) is 12.2. The van der Waals surface area contributed by atoms with Gasteiger partial charge in [-0.15, -0.1) is 0 Å². The van der Waals surface area contributed by atoms with Gasteiger partial charge in [0.2, 0.25) is 6.10 Å². The lowest BCUT2D eigenvalue weighted by molar-refractivity contribution is -0.123. The van der Waals surface area contributed by atoms with Gasteiger partial charge in [-0.3, -0.25) is 15.1 Å². The maximum absolute atomic E-state index is 13.6. The van der Waals surface area contributed by atoms with Crippen molar-refractivity contribution in [1.29, 1.82) is 0 Å². The summed E-state index contributed by atoms with van der Waals surface area (Å²) in [4.78, 5) is 22.1. The molecule has 3 aromatic carbocycles. The number of fused-ring (bicyclic) bond motifs is 1. The summed E-state index contributed by atoms with van der Waals surface area (Å²) < 4.78 is 43.3. The number of benzene rings is 3. The molecule has 0 spiro atoms. The first kappa shape index (κ1) is 28.1. The van der Waals surface area contributed by atoms with E-state index in [0.717, 1.165) is 10.3 Å². The molecule has 1 aromatic heterocycles. The van der Waals surface area contributed by atoms with Crippen molar-refractivity contribution in [2.45, 2.75) is 36.6 Å². The quantitative estimate of drug-likeness (QED) is 0.239. The number of thiazole rings is 1. The highest BCUT2D eigenvalue weighted by atomic mass is 32.2. The summed E-state index contributed by atoms with van der Waals surface area (Å²) in [6.07, 6.45) is -1.16. The van der Waals surface area contributed by atoms with Gasteiger partial charge in [0.1, 0.15) is 5.75 Å². The number of hydrogen-bond donors (Lipinski definition) is 1. The van der Waals surface area contributed by atoms with E-state index in [9.17, 15) is 13.2 Å². The fraction of sp³-hybridized carbons (Fsp3) is 0.250. The van der Waals surface area contributed by atoms with Crippen molar-refractivity contribution in [3.8, 4) is 17.2 Å². The van der Waals surface area contributed by atoms with E-state index >= 15 is 0 Å². The van der Waals surface area contributed by atoms with Crippen LogP contribution in [0.3, 0.4) is 0 Å². The number of sulfone groups is 1. The van der Waals surface area contributed by atoms with Gasteiger partial charge >= 0.3 is 0 Å². The number of carbonyl (C=O) groups excluding carboxylic acids is 1. The first-order valence-corrected chi connectivity index (χ1v) is 14.4. The number of methoxy groups -OCH3 is 2. The van der Waals surface area contributed by atoms with Gasteiger partial charge in [0.15, 0.2) is 26.5 Å². The number of carbonyl (C=O) groups is 1. The van der Waals surface area contributed by atoms with Gasteiger partial charge in [-0.05, 0) is 50.4 Å². The molecular formula is C28H29N3O6S2. The minimum atomic E-state index is -3.57. The number of rotatable bonds is 11. The summed E-state index contributed by atoms with van der Waals surface area (Å²) in [5.41, 5.74) is 1.95. The highest BCUT2D eigenvalue weighted by molar-refractivity contribution is 7.92. The second-order valence-electron chi connectivity index (χ2n) is 8.87. The lowest BCUT2D eigenvalue weighted by Crippen LogP contribution is -2.26. The molecule has 0 aliphatic rings. The molecule has 0 bridgehead atoms. The second kappa shape index (κ2) is 11.8. The molecule has 1 heterocycles. The lowest BCUT2D eigenvalue weighted by Gasteiger charge is -2.20. The molecule has 1 amide bonds. The zero-order valence-electron chi connectivity index (χ0n) is 22.0. The standard InChI is InChI=1S/C28H29N3O6S2/c1-17(2)39(33,34)21-8-6-7-19(13-21)26(37-20-11-9-18(10-12-20)16-29-3)27(32)31-28-30-22-14-23(35-4)24(36-5)15-25(22)38-28/h6-15,17,26H,3,16H2,1-2,4-5H3,(H,30,31,32). The highest BCUT2D eigenvalue weighted by Crippen LogP contribution is 2.36. The molecule has 11 heteroatoms. The van der Waals surface area contributed by atoms with Gasteiger partial charge < -0.3 is 14.2 Å². The minimum absolute atomic E-state index is 0.114. The lowest BCUT2D eigenvalue weighted by atomic mass is 10.1. The molecule has 1 unspecified atom stereocenters. The summed E-state index contributed by atoms with van der Waals surface area (Å²) in [5, 5.41) is 2.55. The summed E-state index contributed by atoms with van der Waals surface area (Å²) >= 11 is 1.27. The predicted molar refractivity (Wildman–Crippen MR) is 153 cm³/mol. The Morgan fingerprint density at radius 2 is 1.74 bits per heavy atom. The van der Waals surface area contributed by atoms with Crippen LogP contribution < -0.4 is 19.5 Å². The molecule has 9 nitrogen and oxygen atoms in total. The van der Waals surface area contributed by atoms with Crippen LogP contribution in [0.5, 0.6) is 17.2 Å². The maximum Gasteiger partial charge on any atom is 0.271 e. The smallest absolute Gasteiger partial charge is 0.271 e. The number of hydrogen-bond acceptors (Lipinski definition) is 9. The molecule has 204 valence electrons. The Morgan fingerprint density at radius 1 is 1.05 bits per heavy atom. The Morgan fingerprint density at radius 3 is 2.38 bits per heavy atom. The molecule has 0 saturated heterocycles. The van der Waals surface area contributed by atoms with Crippen molar-refractivity contribution >= 4 is 49.1 Å². The number of aliphatic imine (C=N–C) groups is 1. The predicted octanol–water partition coefficient (Wildman–Crippen LogP) is 5.46. The Balaban J connectivity index is 1.69. The summed E-state index contributed by atoms with van der Waals surface area (Å²) in [5.74, 6) is 0.987. The summed E-state index contributed by atoms with van der Waals surface area (Å²) in [6.45, 7) is 7.17. The van der Waals surface area contributed by atoms with Gasteiger partial charge in [-0.2, -0.15) is 0 Å². The third-order valence-corrected chi connectivity index (χ3v) is 9.03. The van der Waals surface area contributed by atoms with Crippen LogP contribution in [0.2, 0.25) is 0 Å². The van der Waals surface area contributed by atoms with E-state index in [4.69, 9.17) is 14.2 Å². The Kier molecular flexibility index (Phi) is 8.51. The molecule has 4 rings (SSSR count). The first-order valence-electron chi connectivity index (χ1n) is 12.0. The zero-order chi connectivity index (χ0) is 28.2. The van der Waals surface area contributed by atoms with Crippen LogP contribution >= 0.6 is 11.3 Å². The minimum Gasteiger partial charge on any atom is -0.493 e. The summed E-state index contributed by atoms with van der Waals surface area (Å²) in [7, 11) is -0.489. The fourth-order valence-electron chi connectivity index (χ4n) is 3.82. The van der Waals surface area contributed by atoms with Crippen LogP contribution in [0.4, 0.5) is 5.13 Å². The number of nitrogens with one attached hydrogen (secondary N) is 1. The van der Waals surface area contributed by atoms with Crippen LogP contribution in [-0.2, 0) is 21.2 Å². The highest BCUT2D eigenvalue weighted by Gasteiger charge is 2.27. The zero-order valence-corrected chi connectivity index (χ0v) is 23.6. The van der Waals surface area contributed by atoms with Crippen LogP contribution in [0.25, 0.3) is 10.2 Å². The number of nitrogens with zero attached hydrogens (tertiary/aromatic N) is 2. The van der Waals surface area contributed by atoms with Crippen molar-refractivity contribution in [2.75, 3.05) is 19.5 Å². The molecule has 1 atom stereocenters. The van der Waals surface area contributed by atoms with Gasteiger partial charge in [-0.25, -0.2) is 13.4 Å². The van der Waals surface area contributed by atoms with E-state index < -0.39 is 27.1 Å². The van der Waals surface area contributed by atoms with E-state index in [2.05, 4.69) is 22.0 Å². The van der Waals surface area contributed by atoms with Crippen molar-refractivity contribution in [3.05, 3.63) is 71.8 Å². The van der Waals surface area contributed by atoms with Crippen molar-refractivity contribution < 1.29 is 27.4 Å². The van der Waals surface area contributed by atoms with Gasteiger partial charge in [0, 0.05) is 17.7 Å². The van der Waals surface area contributed by atoms with Gasteiger partial charge in [0.05, 0.1) is 41.1 Å². The maximum atomic E-state index is 13.6. The first-order chi connectivity index (χ1) is 18.7. The van der Waals surface area contributed by atoms with E-state index in [1.165, 1.54) is 30.6 Å². The van der Waals surface area contributed by atoms with E-state index in [-0.39, 0.29) is 4.90 Å². The molecule has 0 saturated carbocycles. The average Bonchev–Trinajstić information content (AvgIpc) is 3.32. The van der Waals surface area contributed by atoms with Crippen molar-refractivity contribution in [1.82, 2.24) is 4.98 Å². The SMILES string of the molecule is C=NCc1ccc(OC(C(=O)Nc2nc3cc(OC)c(OC)cc3s2)c2cccc(S(=O)(=O)C(C)C)c2)cc1. The van der Waals surface area contributed by atoms with E-state index in [1.807, 2.05) is 12.1 Å². The van der Waals surface area contributed by atoms with Crippen LogP contribution in [0.1, 0.15) is 31.1 Å². The fourth-order valence-corrected chi connectivity index (χ4v) is 5.81. The third-order valence-electron chi connectivity index (χ3n) is 5.94. The van der Waals surface area contributed by atoms with Crippen LogP contribution in [-0.4, -0.2) is 45.5 Å². The van der Waals surface area contributed by atoms with Crippen LogP contribution in [0, 0.1) is 0 Å². The van der Waals surface area contributed by atoms with E-state index in [0.29, 0.717) is 40.0 Å². The molecule has 0 radical (unpaired) electrons. The molecule has 39 heavy (non-hydrogen) atoms. The average molecular weight is 568 g/mol. The van der Waals surface area contributed by atoms with Gasteiger partial charge in [-0.1, -0.05) is 35.6 Å². The second-order valence-corrected chi connectivity index (χ2v) is 12.4. The largest absolute Gasteiger partial charge is 0.493 e. The molecule has 0 fully saturated rings. The topological polar surface area (TPSA) is 116 Å². The van der Waals surface area contributed by atoms with E-state index in [1.54, 1.807) is 57.4 Å². The Labute approximate surface area is 231 Å². The number of aromatic nitrogens is 1. The number of amides is 1. The van der Waals surface area contributed by atoms with Gasteiger partial charge in [0.25, 0.3) is 5.91 Å². The Hall–Kier alpha value is -3.96. The van der Waals surface area contributed by atoms with Crippen LogP contribution in [0.15, 0.2) is 70.6 Å². The molecular weight excluding hydrogens is 538 g/mol. The number of ether oxygens (including phenoxy) is 3. The molecule has 0 aliphatic heterocycles. The van der Waals surface area contributed by atoms with Crippen molar-refractivity contribution in [3.63, 3.8) is 0 Å². The van der Waals surface area contributed by atoms with Crippen molar-refractivity contribution in [2.24, 2.45) is 4.99 Å². The monoisotopic (exact) mass is 567 g/mol. The summed E-state index contributed by atoms with van der Waals surface area (Å²) in [6, 6.07) is 16.9. The molecule has 1 N–H and O–H groups in total. The number of anilines is 1. The molecule has 0 aliphatic carbocycles.